The number of nitrogens with zero attached hydrogens (tertiary/aromatic N) is 1. The first-order valence-corrected chi connectivity index (χ1v) is 9.54. The van der Waals surface area contributed by atoms with E-state index in [1.807, 2.05) is 30.3 Å². The summed E-state index contributed by atoms with van der Waals surface area (Å²) in [5.74, 6) is 0.0670. The van der Waals surface area contributed by atoms with E-state index in [1.54, 1.807) is 0 Å². The number of benzene rings is 1. The van der Waals surface area contributed by atoms with Crippen LogP contribution in [0.4, 0.5) is 0 Å². The molecule has 1 aromatic rings. The first kappa shape index (κ1) is 16.5. The molecule has 0 bridgehead atoms. The van der Waals surface area contributed by atoms with E-state index >= 15 is 0 Å². The zero-order valence-corrected chi connectivity index (χ0v) is 13.4. The second kappa shape index (κ2) is 8.51. The Hall–Kier alpha value is -0.910. The fraction of sp³-hybridized carbons (Fsp3) is 0.625. The zero-order valence-electron chi connectivity index (χ0n) is 12.6. The molecule has 1 aliphatic heterocycles. The van der Waals surface area contributed by atoms with Gasteiger partial charge in [0.1, 0.15) is 0 Å². The molecule has 1 aliphatic rings. The molecule has 0 unspecified atom stereocenters. The van der Waals surface area contributed by atoms with Crippen LogP contribution >= 0.6 is 0 Å². The zero-order chi connectivity index (χ0) is 15.0. The van der Waals surface area contributed by atoms with Crippen LogP contribution in [0, 0.1) is 0 Å². The molecule has 1 aromatic carbocycles. The SMILES string of the molecule is O=S(=O)(Cc1ccccc1)NCCCN1CCCCCC1. The minimum Gasteiger partial charge on any atom is -0.303 e. The van der Waals surface area contributed by atoms with Gasteiger partial charge in [0.15, 0.2) is 0 Å². The fourth-order valence-corrected chi connectivity index (χ4v) is 3.92. The number of likely N-dealkylation sites (tertiary alicyclic amines) is 1. The first-order chi connectivity index (χ1) is 10.2. The van der Waals surface area contributed by atoms with E-state index in [1.165, 1.54) is 25.7 Å². The second-order valence-electron chi connectivity index (χ2n) is 5.75. The van der Waals surface area contributed by atoms with Gasteiger partial charge in [-0.2, -0.15) is 0 Å². The molecule has 118 valence electrons. The number of rotatable bonds is 7. The van der Waals surface area contributed by atoms with E-state index in [9.17, 15) is 8.42 Å². The van der Waals surface area contributed by atoms with Crippen molar-refractivity contribution in [3.05, 3.63) is 35.9 Å². The Bertz CT molecular complexity index is 494. The first-order valence-electron chi connectivity index (χ1n) is 7.89. The number of nitrogens with one attached hydrogen (secondary N) is 1. The Morgan fingerprint density at radius 1 is 1.00 bits per heavy atom. The van der Waals surface area contributed by atoms with Crippen molar-refractivity contribution in [2.45, 2.75) is 37.9 Å². The summed E-state index contributed by atoms with van der Waals surface area (Å²) >= 11 is 0. The highest BCUT2D eigenvalue weighted by atomic mass is 32.2. The average molecular weight is 310 g/mol. The van der Waals surface area contributed by atoms with Crippen LogP contribution in [-0.2, 0) is 15.8 Å². The van der Waals surface area contributed by atoms with Crippen LogP contribution in [0.1, 0.15) is 37.7 Å². The normalized spacial score (nSPS) is 17.5. The topological polar surface area (TPSA) is 49.4 Å². The highest BCUT2D eigenvalue weighted by Gasteiger charge is 2.12. The van der Waals surface area contributed by atoms with Gasteiger partial charge in [-0.25, -0.2) is 13.1 Å². The summed E-state index contributed by atoms with van der Waals surface area (Å²) in [6, 6.07) is 9.31. The largest absolute Gasteiger partial charge is 0.303 e. The second-order valence-corrected chi connectivity index (χ2v) is 7.56. The quantitative estimate of drug-likeness (QED) is 0.787. The van der Waals surface area contributed by atoms with Crippen molar-refractivity contribution in [2.75, 3.05) is 26.2 Å². The number of hydrogen-bond donors (Lipinski definition) is 1. The molecule has 0 aliphatic carbocycles. The molecule has 0 spiro atoms. The third-order valence-corrected chi connectivity index (χ3v) is 5.23. The molecule has 0 saturated carbocycles. The maximum Gasteiger partial charge on any atom is 0.215 e. The van der Waals surface area contributed by atoms with Crippen LogP contribution in [0.3, 0.4) is 0 Å². The molecule has 0 aromatic heterocycles. The van der Waals surface area contributed by atoms with Gasteiger partial charge in [-0.15, -0.1) is 0 Å². The van der Waals surface area contributed by atoms with Crippen LogP contribution < -0.4 is 4.72 Å². The van der Waals surface area contributed by atoms with Crippen molar-refractivity contribution < 1.29 is 8.42 Å². The Morgan fingerprint density at radius 2 is 1.67 bits per heavy atom. The van der Waals surface area contributed by atoms with Gasteiger partial charge in [0.25, 0.3) is 0 Å². The third-order valence-electron chi connectivity index (χ3n) is 3.87. The summed E-state index contributed by atoms with van der Waals surface area (Å²) in [6.07, 6.45) is 6.11. The number of sulfonamides is 1. The summed E-state index contributed by atoms with van der Waals surface area (Å²) in [4.78, 5) is 2.46. The Labute approximate surface area is 128 Å². The lowest BCUT2D eigenvalue weighted by atomic mass is 10.2. The lowest BCUT2D eigenvalue weighted by molar-refractivity contribution is 0.282. The van der Waals surface area contributed by atoms with Gasteiger partial charge >= 0.3 is 0 Å². The van der Waals surface area contributed by atoms with Crippen molar-refractivity contribution in [1.82, 2.24) is 9.62 Å². The van der Waals surface area contributed by atoms with E-state index in [0.29, 0.717) is 6.54 Å². The van der Waals surface area contributed by atoms with Gasteiger partial charge in [-0.1, -0.05) is 43.2 Å². The molecular weight excluding hydrogens is 284 g/mol. The lowest BCUT2D eigenvalue weighted by Gasteiger charge is -2.19. The van der Waals surface area contributed by atoms with Crippen molar-refractivity contribution in [2.24, 2.45) is 0 Å². The predicted molar refractivity (Wildman–Crippen MR) is 86.6 cm³/mol. The van der Waals surface area contributed by atoms with E-state index in [4.69, 9.17) is 0 Å². The fourth-order valence-electron chi connectivity index (χ4n) is 2.73. The highest BCUT2D eigenvalue weighted by Crippen LogP contribution is 2.09. The molecule has 0 radical (unpaired) electrons. The molecule has 5 heteroatoms. The third kappa shape index (κ3) is 6.59. The summed E-state index contributed by atoms with van der Waals surface area (Å²) in [7, 11) is -3.21. The lowest BCUT2D eigenvalue weighted by Crippen LogP contribution is -2.31. The van der Waals surface area contributed by atoms with Crippen molar-refractivity contribution in [1.29, 1.82) is 0 Å². The molecule has 1 fully saturated rings. The average Bonchev–Trinajstić information content (AvgIpc) is 2.73. The molecule has 21 heavy (non-hydrogen) atoms. The molecule has 2 rings (SSSR count). The van der Waals surface area contributed by atoms with Gasteiger partial charge in [0.2, 0.25) is 10.0 Å². The van der Waals surface area contributed by atoms with Gasteiger partial charge in [0, 0.05) is 6.54 Å². The van der Waals surface area contributed by atoms with Gasteiger partial charge in [0.05, 0.1) is 5.75 Å². The molecule has 0 amide bonds. The van der Waals surface area contributed by atoms with E-state index in [-0.39, 0.29) is 5.75 Å². The van der Waals surface area contributed by atoms with Gasteiger partial charge < -0.3 is 4.90 Å². The van der Waals surface area contributed by atoms with Crippen LogP contribution in [-0.4, -0.2) is 39.5 Å². The van der Waals surface area contributed by atoms with Crippen molar-refractivity contribution in [3.8, 4) is 0 Å². The standard InChI is InChI=1S/C16H26N2O2S/c19-21(20,15-16-9-4-3-5-10-16)17-11-8-14-18-12-6-1-2-7-13-18/h3-5,9-10,17H,1-2,6-8,11-15H2. The smallest absolute Gasteiger partial charge is 0.215 e. The van der Waals surface area contributed by atoms with Crippen LogP contribution in [0.5, 0.6) is 0 Å². The molecule has 4 nitrogen and oxygen atoms in total. The van der Waals surface area contributed by atoms with Gasteiger partial charge in [-0.05, 0) is 44.5 Å². The van der Waals surface area contributed by atoms with Gasteiger partial charge in [-0.3, -0.25) is 0 Å². The van der Waals surface area contributed by atoms with Crippen molar-refractivity contribution in [3.63, 3.8) is 0 Å². The predicted octanol–water partition coefficient (Wildman–Crippen LogP) is 2.37. The number of hydrogen-bond acceptors (Lipinski definition) is 3. The van der Waals surface area contributed by atoms with Crippen LogP contribution in [0.15, 0.2) is 30.3 Å². The van der Waals surface area contributed by atoms with Crippen LogP contribution in [0.2, 0.25) is 0 Å². The molecule has 1 saturated heterocycles. The Kier molecular flexibility index (Phi) is 6.67. The molecule has 1 heterocycles. The molecule has 0 atom stereocenters. The maximum atomic E-state index is 12.0. The van der Waals surface area contributed by atoms with Crippen LogP contribution in [0.25, 0.3) is 0 Å². The summed E-state index contributed by atoms with van der Waals surface area (Å²) in [6.45, 7) is 3.85. The minimum atomic E-state index is -3.21. The summed E-state index contributed by atoms with van der Waals surface area (Å²) < 4.78 is 26.7. The maximum absolute atomic E-state index is 12.0. The van der Waals surface area contributed by atoms with Crippen molar-refractivity contribution >= 4 is 10.0 Å². The van der Waals surface area contributed by atoms with E-state index in [0.717, 1.165) is 31.6 Å². The van der Waals surface area contributed by atoms with E-state index < -0.39 is 10.0 Å². The summed E-state index contributed by atoms with van der Waals surface area (Å²) in [5, 5.41) is 0. The Balaban J connectivity index is 1.67. The molecular formula is C16H26N2O2S. The monoisotopic (exact) mass is 310 g/mol. The Morgan fingerprint density at radius 3 is 2.33 bits per heavy atom. The highest BCUT2D eigenvalue weighted by molar-refractivity contribution is 7.88. The molecule has 1 N–H and O–H groups in total. The summed E-state index contributed by atoms with van der Waals surface area (Å²) in [5.41, 5.74) is 0.831. The van der Waals surface area contributed by atoms with E-state index in [2.05, 4.69) is 9.62 Å². The minimum absolute atomic E-state index is 0.0670.